The van der Waals surface area contributed by atoms with Gasteiger partial charge in [0.15, 0.2) is 0 Å². The van der Waals surface area contributed by atoms with Crippen LogP contribution in [0.5, 0.6) is 0 Å². The Bertz CT molecular complexity index is 970. The Morgan fingerprint density at radius 3 is 2.93 bits per heavy atom. The summed E-state index contributed by atoms with van der Waals surface area (Å²) in [6.45, 7) is 4.47. The second-order valence-electron chi connectivity index (χ2n) is 6.83. The summed E-state index contributed by atoms with van der Waals surface area (Å²) in [5, 5.41) is 8.00. The smallest absolute Gasteiger partial charge is 0.239 e. The molecule has 3 aromatic rings. The van der Waals surface area contributed by atoms with Gasteiger partial charge in [-0.05, 0) is 19.1 Å². The SMILES string of the molecule is C[C@@H]1COCCN1CC(=O)Nc1cc2cc(-c3cnn(C)c3)cnc2cn1. The molecule has 4 rings (SSSR count). The first kappa shape index (κ1) is 17.6. The predicted molar refractivity (Wildman–Crippen MR) is 102 cm³/mol. The zero-order valence-electron chi connectivity index (χ0n) is 15.4. The van der Waals surface area contributed by atoms with Crippen molar-refractivity contribution in [3.63, 3.8) is 0 Å². The van der Waals surface area contributed by atoms with E-state index in [1.54, 1.807) is 23.3 Å². The first-order valence-electron chi connectivity index (χ1n) is 8.95. The number of morpholine rings is 1. The van der Waals surface area contributed by atoms with Gasteiger partial charge in [-0.2, -0.15) is 5.10 Å². The van der Waals surface area contributed by atoms with Crippen LogP contribution in [0.4, 0.5) is 5.82 Å². The number of aromatic nitrogens is 4. The van der Waals surface area contributed by atoms with E-state index in [-0.39, 0.29) is 11.9 Å². The molecule has 1 N–H and O–H groups in total. The van der Waals surface area contributed by atoms with Crippen molar-refractivity contribution in [2.24, 2.45) is 7.05 Å². The third kappa shape index (κ3) is 3.96. The van der Waals surface area contributed by atoms with Gasteiger partial charge >= 0.3 is 0 Å². The van der Waals surface area contributed by atoms with Gasteiger partial charge in [-0.3, -0.25) is 19.4 Å². The molecule has 0 aromatic carbocycles. The molecular weight excluding hydrogens is 344 g/mol. The van der Waals surface area contributed by atoms with Crippen LogP contribution in [-0.2, 0) is 16.6 Å². The van der Waals surface area contributed by atoms with Crippen LogP contribution in [-0.4, -0.2) is 62.9 Å². The third-order valence-corrected chi connectivity index (χ3v) is 4.73. The summed E-state index contributed by atoms with van der Waals surface area (Å²) in [5.74, 6) is 0.450. The molecule has 0 bridgehead atoms. The molecule has 0 saturated carbocycles. The fourth-order valence-electron chi connectivity index (χ4n) is 3.19. The minimum absolute atomic E-state index is 0.0769. The highest BCUT2D eigenvalue weighted by molar-refractivity contribution is 5.93. The summed E-state index contributed by atoms with van der Waals surface area (Å²) in [5.41, 5.74) is 2.75. The number of hydrogen-bond acceptors (Lipinski definition) is 6. The molecule has 1 amide bonds. The van der Waals surface area contributed by atoms with Gasteiger partial charge in [-0.25, -0.2) is 4.98 Å². The molecular formula is C19H22N6O2. The predicted octanol–water partition coefficient (Wildman–Crippen LogP) is 1.69. The van der Waals surface area contributed by atoms with Crippen LogP contribution in [0.2, 0.25) is 0 Å². The number of carbonyl (C=O) groups excluding carboxylic acids is 1. The highest BCUT2D eigenvalue weighted by Crippen LogP contribution is 2.23. The Morgan fingerprint density at radius 1 is 1.26 bits per heavy atom. The zero-order chi connectivity index (χ0) is 18.8. The van der Waals surface area contributed by atoms with Crippen molar-refractivity contribution >= 4 is 22.6 Å². The summed E-state index contributed by atoms with van der Waals surface area (Å²) in [6, 6.07) is 4.11. The molecule has 140 valence electrons. The molecule has 1 aliphatic heterocycles. The van der Waals surface area contributed by atoms with Crippen molar-refractivity contribution in [3.8, 4) is 11.1 Å². The Morgan fingerprint density at radius 2 is 2.15 bits per heavy atom. The first-order chi connectivity index (χ1) is 13.1. The summed E-state index contributed by atoms with van der Waals surface area (Å²) < 4.78 is 7.16. The van der Waals surface area contributed by atoms with Crippen LogP contribution in [0.1, 0.15) is 6.92 Å². The van der Waals surface area contributed by atoms with Gasteiger partial charge in [0.1, 0.15) is 5.82 Å². The molecule has 0 aliphatic carbocycles. The van der Waals surface area contributed by atoms with Gasteiger partial charge in [-0.1, -0.05) is 0 Å². The molecule has 0 radical (unpaired) electrons. The Balaban J connectivity index is 1.51. The molecule has 1 atom stereocenters. The number of nitrogens with one attached hydrogen (secondary N) is 1. The van der Waals surface area contributed by atoms with Crippen molar-refractivity contribution in [1.29, 1.82) is 0 Å². The van der Waals surface area contributed by atoms with E-state index in [9.17, 15) is 4.79 Å². The number of rotatable bonds is 4. The average Bonchev–Trinajstić information content (AvgIpc) is 3.09. The van der Waals surface area contributed by atoms with Crippen LogP contribution >= 0.6 is 0 Å². The van der Waals surface area contributed by atoms with E-state index in [1.807, 2.05) is 25.4 Å². The van der Waals surface area contributed by atoms with E-state index in [4.69, 9.17) is 4.74 Å². The molecule has 1 aliphatic rings. The number of amides is 1. The van der Waals surface area contributed by atoms with Crippen LogP contribution in [0, 0.1) is 0 Å². The van der Waals surface area contributed by atoms with Crippen LogP contribution in [0.15, 0.2) is 36.9 Å². The fraction of sp³-hybridized carbons (Fsp3) is 0.368. The van der Waals surface area contributed by atoms with Gasteiger partial charge in [0, 0.05) is 48.5 Å². The maximum absolute atomic E-state index is 12.4. The quantitative estimate of drug-likeness (QED) is 0.756. The van der Waals surface area contributed by atoms with Crippen molar-refractivity contribution in [2.75, 3.05) is 31.6 Å². The number of pyridine rings is 2. The Hall–Kier alpha value is -2.84. The maximum atomic E-state index is 12.4. The van der Waals surface area contributed by atoms with Gasteiger partial charge in [0.25, 0.3) is 0 Å². The number of hydrogen-bond donors (Lipinski definition) is 1. The maximum Gasteiger partial charge on any atom is 0.239 e. The van der Waals surface area contributed by atoms with E-state index < -0.39 is 0 Å². The molecule has 0 unspecified atom stereocenters. The summed E-state index contributed by atoms with van der Waals surface area (Å²) in [7, 11) is 1.88. The van der Waals surface area contributed by atoms with E-state index >= 15 is 0 Å². The molecule has 4 heterocycles. The monoisotopic (exact) mass is 366 g/mol. The molecule has 8 heteroatoms. The van der Waals surface area contributed by atoms with Crippen molar-refractivity contribution < 1.29 is 9.53 Å². The van der Waals surface area contributed by atoms with Gasteiger partial charge in [0.05, 0.1) is 37.7 Å². The Labute approximate surface area is 157 Å². The van der Waals surface area contributed by atoms with Crippen LogP contribution in [0.3, 0.4) is 0 Å². The van der Waals surface area contributed by atoms with E-state index in [1.165, 1.54) is 0 Å². The fourth-order valence-corrected chi connectivity index (χ4v) is 3.19. The standard InChI is InChI=1S/C19H22N6O2/c1-13-12-27-4-3-25(13)11-19(26)23-18-6-14-5-15(7-20-17(14)9-21-18)16-8-22-24(2)10-16/h5-10,13H,3-4,11-12H2,1-2H3,(H,21,23,26)/t13-/m1/s1. The lowest BCUT2D eigenvalue weighted by Gasteiger charge is -2.32. The van der Waals surface area contributed by atoms with Crippen molar-refractivity contribution in [2.45, 2.75) is 13.0 Å². The molecule has 0 spiro atoms. The Kier molecular flexibility index (Phi) is 4.83. The lowest BCUT2D eigenvalue weighted by molar-refractivity contribution is -0.119. The highest BCUT2D eigenvalue weighted by Gasteiger charge is 2.21. The molecule has 1 saturated heterocycles. The summed E-state index contributed by atoms with van der Waals surface area (Å²) in [6.07, 6.45) is 7.22. The minimum atomic E-state index is -0.0769. The number of fused-ring (bicyclic) bond motifs is 1. The lowest BCUT2D eigenvalue weighted by Crippen LogP contribution is -2.47. The molecule has 1 fully saturated rings. The number of aryl methyl sites for hydroxylation is 1. The number of carbonyl (C=O) groups is 1. The summed E-state index contributed by atoms with van der Waals surface area (Å²) in [4.78, 5) is 23.3. The van der Waals surface area contributed by atoms with Gasteiger partial charge in [-0.15, -0.1) is 0 Å². The first-order valence-corrected chi connectivity index (χ1v) is 8.95. The lowest BCUT2D eigenvalue weighted by atomic mass is 10.1. The minimum Gasteiger partial charge on any atom is -0.379 e. The van der Waals surface area contributed by atoms with Crippen LogP contribution in [0.25, 0.3) is 22.0 Å². The van der Waals surface area contributed by atoms with Crippen molar-refractivity contribution in [3.05, 3.63) is 36.9 Å². The number of ether oxygens (including phenoxy) is 1. The normalized spacial score (nSPS) is 17.9. The molecule has 3 aromatic heterocycles. The zero-order valence-corrected chi connectivity index (χ0v) is 15.4. The number of anilines is 1. The molecule has 27 heavy (non-hydrogen) atoms. The van der Waals surface area contributed by atoms with Crippen LogP contribution < -0.4 is 5.32 Å². The second-order valence-corrected chi connectivity index (χ2v) is 6.83. The highest BCUT2D eigenvalue weighted by atomic mass is 16.5. The largest absolute Gasteiger partial charge is 0.379 e. The van der Waals surface area contributed by atoms with E-state index in [0.29, 0.717) is 25.6 Å². The summed E-state index contributed by atoms with van der Waals surface area (Å²) >= 11 is 0. The second kappa shape index (κ2) is 7.42. The average molecular weight is 366 g/mol. The third-order valence-electron chi connectivity index (χ3n) is 4.73. The van der Waals surface area contributed by atoms with Gasteiger partial charge < -0.3 is 10.1 Å². The van der Waals surface area contributed by atoms with Crippen molar-refractivity contribution in [1.82, 2.24) is 24.6 Å². The van der Waals surface area contributed by atoms with Gasteiger partial charge in [0.2, 0.25) is 5.91 Å². The van der Waals surface area contributed by atoms with E-state index in [2.05, 4.69) is 32.2 Å². The molecule has 8 nitrogen and oxygen atoms in total. The van der Waals surface area contributed by atoms with E-state index in [0.717, 1.165) is 28.6 Å². The topological polar surface area (TPSA) is 85.2 Å². The number of nitrogens with zero attached hydrogens (tertiary/aromatic N) is 5.